The molecule has 0 bridgehead atoms. The van der Waals surface area contributed by atoms with Crippen molar-refractivity contribution in [2.24, 2.45) is 0 Å². The van der Waals surface area contributed by atoms with Crippen LogP contribution in [-0.4, -0.2) is 23.4 Å². The molecule has 0 fully saturated rings. The minimum Gasteiger partial charge on any atom is -0.223 e. The van der Waals surface area contributed by atoms with E-state index in [0.29, 0.717) is 5.56 Å². The van der Waals surface area contributed by atoms with Crippen molar-refractivity contribution in [1.82, 2.24) is 4.72 Å². The predicted octanol–water partition coefficient (Wildman–Crippen LogP) is 3.18. The minimum absolute atomic E-state index is 0.0916. The molecule has 0 amide bonds. The molecule has 7 heteroatoms. The molecular formula is C20H19NO4S2. The van der Waals surface area contributed by atoms with Gasteiger partial charge < -0.3 is 0 Å². The van der Waals surface area contributed by atoms with Gasteiger partial charge in [0.1, 0.15) is 5.25 Å². The lowest BCUT2D eigenvalue weighted by Crippen LogP contribution is -2.32. The van der Waals surface area contributed by atoms with Gasteiger partial charge in [0.25, 0.3) is 0 Å². The first kappa shape index (κ1) is 19.3. The molecule has 0 spiro atoms. The molecule has 0 heterocycles. The fourth-order valence-electron chi connectivity index (χ4n) is 2.72. The fraction of sp³-hybridized carbons (Fsp3) is 0.100. The van der Waals surface area contributed by atoms with Crippen molar-refractivity contribution in [1.29, 1.82) is 0 Å². The lowest BCUT2D eigenvalue weighted by Gasteiger charge is -2.19. The molecule has 1 atom stereocenters. The topological polar surface area (TPSA) is 80.3 Å². The third-order valence-corrected chi connectivity index (χ3v) is 7.69. The van der Waals surface area contributed by atoms with E-state index in [1.54, 1.807) is 66.7 Å². The van der Waals surface area contributed by atoms with Crippen LogP contribution in [0.3, 0.4) is 0 Å². The van der Waals surface area contributed by atoms with E-state index in [4.69, 9.17) is 0 Å². The van der Waals surface area contributed by atoms with Crippen LogP contribution in [-0.2, 0) is 19.9 Å². The third kappa shape index (κ3) is 4.44. The molecule has 0 aliphatic heterocycles. The molecule has 0 saturated carbocycles. The van der Waals surface area contributed by atoms with Crippen LogP contribution in [0, 0.1) is 0 Å². The lowest BCUT2D eigenvalue weighted by molar-refractivity contribution is 0.568. The van der Waals surface area contributed by atoms with Crippen LogP contribution < -0.4 is 4.72 Å². The van der Waals surface area contributed by atoms with Crippen LogP contribution in [0.15, 0.2) is 101 Å². The summed E-state index contributed by atoms with van der Waals surface area (Å²) in [6.07, 6.45) is 0. The van der Waals surface area contributed by atoms with E-state index in [0.717, 1.165) is 0 Å². The van der Waals surface area contributed by atoms with E-state index in [1.165, 1.54) is 24.3 Å². The highest BCUT2D eigenvalue weighted by molar-refractivity contribution is 7.92. The van der Waals surface area contributed by atoms with Gasteiger partial charge >= 0.3 is 0 Å². The molecule has 27 heavy (non-hydrogen) atoms. The van der Waals surface area contributed by atoms with E-state index < -0.39 is 25.1 Å². The summed E-state index contributed by atoms with van der Waals surface area (Å²) in [5, 5.41) is -1.04. The Kier molecular flexibility index (Phi) is 5.74. The number of rotatable bonds is 7. The quantitative estimate of drug-likeness (QED) is 0.659. The SMILES string of the molecule is O=S(=O)(NC[C@@H](c1ccccc1)S(=O)(=O)c1ccccc1)c1ccccc1. The highest BCUT2D eigenvalue weighted by Gasteiger charge is 2.30. The minimum atomic E-state index is -3.82. The molecule has 3 aromatic carbocycles. The standard InChI is InChI=1S/C20H19NO4S2/c22-26(23,18-12-6-2-7-13-18)20(17-10-4-1-5-11-17)16-21-27(24,25)19-14-8-3-9-15-19/h1-15,20-21H,16H2/t20-/m0/s1. The Hall–Kier alpha value is -2.48. The van der Waals surface area contributed by atoms with Gasteiger partial charge in [-0.05, 0) is 29.8 Å². The van der Waals surface area contributed by atoms with Crippen molar-refractivity contribution in [3.8, 4) is 0 Å². The van der Waals surface area contributed by atoms with Gasteiger partial charge in [-0.1, -0.05) is 66.7 Å². The summed E-state index contributed by atoms with van der Waals surface area (Å²) in [4.78, 5) is 0.242. The molecule has 0 radical (unpaired) electrons. The molecule has 5 nitrogen and oxygen atoms in total. The van der Waals surface area contributed by atoms with Crippen LogP contribution in [0.5, 0.6) is 0 Å². The van der Waals surface area contributed by atoms with Gasteiger partial charge in [0.05, 0.1) is 9.79 Å². The van der Waals surface area contributed by atoms with Gasteiger partial charge in [0.15, 0.2) is 9.84 Å². The smallest absolute Gasteiger partial charge is 0.223 e. The second-order valence-corrected chi connectivity index (χ2v) is 9.82. The Morgan fingerprint density at radius 3 is 1.59 bits per heavy atom. The molecule has 0 aromatic heterocycles. The number of sulfonamides is 1. The van der Waals surface area contributed by atoms with Crippen molar-refractivity contribution in [3.63, 3.8) is 0 Å². The average molecular weight is 402 g/mol. The summed E-state index contributed by atoms with van der Waals surface area (Å²) < 4.78 is 53.8. The van der Waals surface area contributed by atoms with Crippen molar-refractivity contribution >= 4 is 19.9 Å². The van der Waals surface area contributed by atoms with Crippen molar-refractivity contribution in [2.75, 3.05) is 6.54 Å². The first-order chi connectivity index (χ1) is 12.9. The van der Waals surface area contributed by atoms with E-state index in [1.807, 2.05) is 0 Å². The highest BCUT2D eigenvalue weighted by Crippen LogP contribution is 2.28. The summed E-state index contributed by atoms with van der Waals surface area (Å²) in [6, 6.07) is 24.5. The number of benzene rings is 3. The van der Waals surface area contributed by atoms with E-state index >= 15 is 0 Å². The third-order valence-electron chi connectivity index (χ3n) is 4.13. The Morgan fingerprint density at radius 2 is 1.07 bits per heavy atom. The summed E-state index contributed by atoms with van der Waals surface area (Å²) in [6.45, 7) is -0.265. The zero-order chi connectivity index (χ0) is 19.3. The Morgan fingerprint density at radius 1 is 0.630 bits per heavy atom. The van der Waals surface area contributed by atoms with Crippen LogP contribution in [0.2, 0.25) is 0 Å². The van der Waals surface area contributed by atoms with Crippen LogP contribution >= 0.6 is 0 Å². The largest absolute Gasteiger partial charge is 0.240 e. The van der Waals surface area contributed by atoms with E-state index in [2.05, 4.69) is 4.72 Å². The number of nitrogens with one attached hydrogen (secondary N) is 1. The molecule has 0 aliphatic rings. The van der Waals surface area contributed by atoms with Gasteiger partial charge in [0.2, 0.25) is 10.0 Å². The van der Waals surface area contributed by atoms with Crippen molar-refractivity contribution in [2.45, 2.75) is 15.0 Å². The first-order valence-electron chi connectivity index (χ1n) is 8.30. The predicted molar refractivity (Wildman–Crippen MR) is 104 cm³/mol. The maximum absolute atomic E-state index is 13.2. The van der Waals surface area contributed by atoms with Crippen LogP contribution in [0.1, 0.15) is 10.8 Å². The Balaban J connectivity index is 1.95. The summed E-state index contributed by atoms with van der Waals surface area (Å²) in [7, 11) is -7.61. The number of hydrogen-bond donors (Lipinski definition) is 1. The van der Waals surface area contributed by atoms with Crippen LogP contribution in [0.25, 0.3) is 0 Å². The zero-order valence-corrected chi connectivity index (χ0v) is 16.0. The van der Waals surface area contributed by atoms with Gasteiger partial charge in [-0.2, -0.15) is 0 Å². The molecule has 0 saturated heterocycles. The molecule has 1 N–H and O–H groups in total. The first-order valence-corrected chi connectivity index (χ1v) is 11.3. The monoisotopic (exact) mass is 401 g/mol. The van der Waals surface area contributed by atoms with E-state index in [9.17, 15) is 16.8 Å². The summed E-state index contributed by atoms with van der Waals surface area (Å²) in [5.74, 6) is 0. The zero-order valence-electron chi connectivity index (χ0n) is 14.4. The molecular weight excluding hydrogens is 382 g/mol. The maximum Gasteiger partial charge on any atom is 0.240 e. The second kappa shape index (κ2) is 8.04. The van der Waals surface area contributed by atoms with Gasteiger partial charge in [-0.3, -0.25) is 0 Å². The molecule has 3 rings (SSSR count). The van der Waals surface area contributed by atoms with E-state index in [-0.39, 0.29) is 16.3 Å². The maximum atomic E-state index is 13.2. The van der Waals surface area contributed by atoms with Crippen LogP contribution in [0.4, 0.5) is 0 Å². The average Bonchev–Trinajstić information content (AvgIpc) is 2.70. The summed E-state index contributed by atoms with van der Waals surface area (Å²) in [5.41, 5.74) is 0.525. The number of sulfone groups is 1. The Bertz CT molecular complexity index is 1080. The summed E-state index contributed by atoms with van der Waals surface area (Å²) >= 11 is 0. The lowest BCUT2D eigenvalue weighted by atomic mass is 10.1. The van der Waals surface area contributed by atoms with Gasteiger partial charge in [-0.25, -0.2) is 21.6 Å². The highest BCUT2D eigenvalue weighted by atomic mass is 32.2. The normalized spacial score (nSPS) is 13.2. The van der Waals surface area contributed by atoms with Crippen molar-refractivity contribution < 1.29 is 16.8 Å². The van der Waals surface area contributed by atoms with Gasteiger partial charge in [-0.15, -0.1) is 0 Å². The second-order valence-electron chi connectivity index (χ2n) is 5.92. The molecule has 0 aliphatic carbocycles. The molecule has 0 unspecified atom stereocenters. The Labute approximate surface area is 159 Å². The molecule has 3 aromatic rings. The fourth-order valence-corrected chi connectivity index (χ4v) is 5.57. The number of hydrogen-bond acceptors (Lipinski definition) is 4. The molecule has 140 valence electrons. The van der Waals surface area contributed by atoms with Gasteiger partial charge in [0, 0.05) is 6.54 Å². The van der Waals surface area contributed by atoms with Crippen molar-refractivity contribution in [3.05, 3.63) is 96.6 Å².